The lowest BCUT2D eigenvalue weighted by atomic mass is 9.95. The van der Waals surface area contributed by atoms with E-state index in [0.717, 1.165) is 30.1 Å². The highest BCUT2D eigenvalue weighted by Crippen LogP contribution is 2.38. The third kappa shape index (κ3) is 4.08. The van der Waals surface area contributed by atoms with E-state index in [1.807, 2.05) is 4.90 Å². The zero-order valence-corrected chi connectivity index (χ0v) is 18.1. The summed E-state index contributed by atoms with van der Waals surface area (Å²) >= 11 is 6.54. The molecular formula is C22H24ClFN6O. The number of nitrogens with zero attached hydrogens (tertiary/aromatic N) is 5. The van der Waals surface area contributed by atoms with E-state index in [9.17, 15) is 9.18 Å². The second-order valence-corrected chi connectivity index (χ2v) is 8.81. The molecule has 9 heteroatoms. The molecule has 31 heavy (non-hydrogen) atoms. The van der Waals surface area contributed by atoms with Crippen LogP contribution in [0.15, 0.2) is 24.3 Å². The molecule has 2 aliphatic rings. The van der Waals surface area contributed by atoms with E-state index in [1.165, 1.54) is 25.0 Å². The quantitative estimate of drug-likeness (QED) is 0.646. The minimum atomic E-state index is -0.292. The number of aryl methyl sites for hydroxylation is 1. The number of piperidine rings is 1. The third-order valence-corrected chi connectivity index (χ3v) is 6.54. The van der Waals surface area contributed by atoms with Gasteiger partial charge in [0.05, 0.1) is 17.8 Å². The zero-order chi connectivity index (χ0) is 21.5. The summed E-state index contributed by atoms with van der Waals surface area (Å²) in [5.74, 6) is 2.31. The van der Waals surface area contributed by atoms with Crippen molar-refractivity contribution in [3.63, 3.8) is 0 Å². The molecule has 1 aliphatic heterocycles. The van der Waals surface area contributed by atoms with Gasteiger partial charge in [0.15, 0.2) is 5.82 Å². The fraction of sp³-hybridized carbons (Fsp3) is 0.455. The number of carbonyl (C=O) groups is 1. The summed E-state index contributed by atoms with van der Waals surface area (Å²) in [6, 6.07) is 6.18. The second kappa shape index (κ2) is 8.07. The van der Waals surface area contributed by atoms with Crippen LogP contribution in [-0.4, -0.2) is 48.9 Å². The van der Waals surface area contributed by atoms with Gasteiger partial charge >= 0.3 is 0 Å². The molecule has 1 saturated heterocycles. The Morgan fingerprint density at radius 2 is 1.87 bits per heavy atom. The van der Waals surface area contributed by atoms with Gasteiger partial charge in [-0.2, -0.15) is 10.2 Å². The predicted octanol–water partition coefficient (Wildman–Crippen LogP) is 4.05. The summed E-state index contributed by atoms with van der Waals surface area (Å²) in [4.78, 5) is 19.7. The number of amides is 1. The van der Waals surface area contributed by atoms with Gasteiger partial charge in [-0.15, -0.1) is 0 Å². The minimum Gasteiger partial charge on any atom is -0.338 e. The van der Waals surface area contributed by atoms with E-state index in [-0.39, 0.29) is 11.7 Å². The maximum absolute atomic E-state index is 13.2. The SMILES string of the molecule is Cc1nn(Cc2ccc(F)cc2)c(Cl)c1C(=O)N1CCC(c2nc(C3CC3)n[nH]2)CC1. The number of H-pyrrole nitrogens is 1. The number of carbonyl (C=O) groups excluding carboxylic acids is 1. The summed E-state index contributed by atoms with van der Waals surface area (Å²) < 4.78 is 14.7. The lowest BCUT2D eigenvalue weighted by molar-refractivity contribution is 0.0710. The lowest BCUT2D eigenvalue weighted by Crippen LogP contribution is -2.38. The highest BCUT2D eigenvalue weighted by atomic mass is 35.5. The second-order valence-electron chi connectivity index (χ2n) is 8.45. The predicted molar refractivity (Wildman–Crippen MR) is 114 cm³/mol. The van der Waals surface area contributed by atoms with Crippen LogP contribution >= 0.6 is 11.6 Å². The fourth-order valence-corrected chi connectivity index (χ4v) is 4.49. The molecule has 1 saturated carbocycles. The van der Waals surface area contributed by atoms with E-state index in [4.69, 9.17) is 11.6 Å². The summed E-state index contributed by atoms with van der Waals surface area (Å²) in [5.41, 5.74) is 1.91. The van der Waals surface area contributed by atoms with Gasteiger partial charge in [-0.3, -0.25) is 9.89 Å². The standard InChI is InChI=1S/C22H24ClFN6O/c1-13-18(19(23)30(28-13)12-14-2-6-17(24)7-3-14)22(31)29-10-8-16(9-11-29)21-25-20(26-27-21)15-4-5-15/h2-3,6-7,15-16H,4-5,8-12H2,1H3,(H,25,26,27). The molecule has 2 fully saturated rings. The molecule has 162 valence electrons. The fourth-order valence-electron chi connectivity index (χ4n) is 4.17. The molecule has 0 radical (unpaired) electrons. The molecule has 2 aromatic heterocycles. The summed E-state index contributed by atoms with van der Waals surface area (Å²) in [5, 5.41) is 12.2. The first-order chi connectivity index (χ1) is 15.0. The van der Waals surface area contributed by atoms with Gasteiger partial charge in [-0.1, -0.05) is 23.7 Å². The largest absolute Gasteiger partial charge is 0.338 e. The molecule has 1 aliphatic carbocycles. The summed E-state index contributed by atoms with van der Waals surface area (Å²) in [7, 11) is 0. The van der Waals surface area contributed by atoms with Crippen molar-refractivity contribution in [1.82, 2.24) is 29.9 Å². The normalized spacial score (nSPS) is 17.3. The smallest absolute Gasteiger partial charge is 0.258 e. The Hall–Kier alpha value is -2.74. The van der Waals surface area contributed by atoms with Crippen molar-refractivity contribution in [3.05, 3.63) is 63.7 Å². The molecule has 1 aromatic carbocycles. The first-order valence-electron chi connectivity index (χ1n) is 10.7. The molecule has 1 amide bonds. The van der Waals surface area contributed by atoms with E-state index in [0.29, 0.717) is 47.9 Å². The first kappa shape index (κ1) is 20.2. The molecule has 0 atom stereocenters. The zero-order valence-electron chi connectivity index (χ0n) is 17.3. The van der Waals surface area contributed by atoms with Gasteiger partial charge in [-0.05, 0) is 50.3 Å². The first-order valence-corrected chi connectivity index (χ1v) is 11.1. The average molecular weight is 443 g/mol. The highest BCUT2D eigenvalue weighted by Gasteiger charge is 2.32. The van der Waals surface area contributed by atoms with Crippen molar-refractivity contribution in [2.75, 3.05) is 13.1 Å². The molecule has 3 heterocycles. The van der Waals surface area contributed by atoms with E-state index < -0.39 is 0 Å². The van der Waals surface area contributed by atoms with E-state index >= 15 is 0 Å². The minimum absolute atomic E-state index is 0.0949. The molecule has 3 aromatic rings. The molecule has 7 nitrogen and oxygen atoms in total. The van der Waals surface area contributed by atoms with Crippen LogP contribution < -0.4 is 0 Å². The van der Waals surface area contributed by atoms with Crippen LogP contribution in [0.5, 0.6) is 0 Å². The van der Waals surface area contributed by atoms with Crippen LogP contribution in [0.1, 0.15) is 70.8 Å². The number of hydrogen-bond acceptors (Lipinski definition) is 4. The molecule has 5 rings (SSSR count). The average Bonchev–Trinajstić information content (AvgIpc) is 3.44. The van der Waals surface area contributed by atoms with Crippen LogP contribution in [0.4, 0.5) is 4.39 Å². The Balaban J connectivity index is 1.25. The molecule has 1 N–H and O–H groups in total. The van der Waals surface area contributed by atoms with Crippen LogP contribution in [0, 0.1) is 12.7 Å². The third-order valence-electron chi connectivity index (χ3n) is 6.16. The van der Waals surface area contributed by atoms with Gasteiger partial charge in [0.2, 0.25) is 0 Å². The number of rotatable bonds is 5. The summed E-state index contributed by atoms with van der Waals surface area (Å²) in [6.45, 7) is 3.45. The van der Waals surface area contributed by atoms with Gasteiger partial charge in [0, 0.05) is 24.9 Å². The van der Waals surface area contributed by atoms with Gasteiger partial charge in [0.25, 0.3) is 5.91 Å². The maximum Gasteiger partial charge on any atom is 0.258 e. The van der Waals surface area contributed by atoms with Crippen molar-refractivity contribution in [1.29, 1.82) is 0 Å². The van der Waals surface area contributed by atoms with Crippen LogP contribution in [0.3, 0.4) is 0 Å². The van der Waals surface area contributed by atoms with Gasteiger partial charge in [-0.25, -0.2) is 14.1 Å². The number of aromatic nitrogens is 5. The van der Waals surface area contributed by atoms with Crippen molar-refractivity contribution in [2.45, 2.75) is 51.0 Å². The van der Waals surface area contributed by atoms with Crippen LogP contribution in [0.25, 0.3) is 0 Å². The number of hydrogen-bond donors (Lipinski definition) is 1. The van der Waals surface area contributed by atoms with Crippen LogP contribution in [0.2, 0.25) is 5.15 Å². The van der Waals surface area contributed by atoms with E-state index in [2.05, 4.69) is 20.3 Å². The number of nitrogens with one attached hydrogen (secondary N) is 1. The number of aromatic amines is 1. The molecule has 0 bridgehead atoms. The molecular weight excluding hydrogens is 419 g/mol. The maximum atomic E-state index is 13.2. The van der Waals surface area contributed by atoms with Crippen molar-refractivity contribution in [2.24, 2.45) is 0 Å². The van der Waals surface area contributed by atoms with Gasteiger partial charge in [0.1, 0.15) is 16.8 Å². The number of likely N-dealkylation sites (tertiary alicyclic amines) is 1. The monoisotopic (exact) mass is 442 g/mol. The van der Waals surface area contributed by atoms with Crippen LogP contribution in [-0.2, 0) is 6.54 Å². The van der Waals surface area contributed by atoms with Gasteiger partial charge < -0.3 is 4.90 Å². The van der Waals surface area contributed by atoms with Crippen molar-refractivity contribution < 1.29 is 9.18 Å². The Morgan fingerprint density at radius 1 is 1.16 bits per heavy atom. The topological polar surface area (TPSA) is 79.7 Å². The Kier molecular flexibility index (Phi) is 5.25. The number of halogens is 2. The Morgan fingerprint density at radius 3 is 2.55 bits per heavy atom. The lowest BCUT2D eigenvalue weighted by Gasteiger charge is -2.31. The molecule has 0 unspecified atom stereocenters. The van der Waals surface area contributed by atoms with E-state index in [1.54, 1.807) is 23.7 Å². The van der Waals surface area contributed by atoms with Crippen molar-refractivity contribution >= 4 is 17.5 Å². The van der Waals surface area contributed by atoms with Crippen molar-refractivity contribution in [3.8, 4) is 0 Å². The highest BCUT2D eigenvalue weighted by molar-refractivity contribution is 6.33. The number of benzene rings is 1. The Bertz CT molecular complexity index is 1100. The summed E-state index contributed by atoms with van der Waals surface area (Å²) in [6.07, 6.45) is 4.04. The Labute approximate surface area is 184 Å². The molecule has 0 spiro atoms.